The van der Waals surface area contributed by atoms with Gasteiger partial charge in [-0.2, -0.15) is 0 Å². The molecule has 2 aliphatic rings. The number of piperazine rings is 1. The van der Waals surface area contributed by atoms with E-state index in [0.29, 0.717) is 13.0 Å². The number of amides is 1. The molecule has 0 N–H and O–H groups in total. The highest BCUT2D eigenvalue weighted by Gasteiger charge is 2.37. The van der Waals surface area contributed by atoms with Gasteiger partial charge in [-0.1, -0.05) is 5.16 Å². The lowest BCUT2D eigenvalue weighted by atomic mass is 10.1. The third-order valence-electron chi connectivity index (χ3n) is 5.64. The molecule has 2 saturated heterocycles. The number of carbonyl (C=O) groups excluding carboxylic acids is 1. The topological polar surface area (TPSA) is 87.0 Å². The Kier molecular flexibility index (Phi) is 6.22. The summed E-state index contributed by atoms with van der Waals surface area (Å²) in [6.07, 6.45) is 0.555. The molecule has 152 valence electrons. The molecule has 2 atom stereocenters. The van der Waals surface area contributed by atoms with Crippen LogP contribution in [0.3, 0.4) is 0 Å². The van der Waals surface area contributed by atoms with Crippen molar-refractivity contribution in [2.45, 2.75) is 45.8 Å². The van der Waals surface area contributed by atoms with E-state index in [2.05, 4.69) is 15.0 Å². The first-order valence-corrected chi connectivity index (χ1v) is 11.5. The maximum atomic E-state index is 13.0. The zero-order valence-corrected chi connectivity index (χ0v) is 17.2. The van der Waals surface area contributed by atoms with Crippen molar-refractivity contribution >= 4 is 15.7 Å². The number of aryl methyl sites for hydroxylation is 1. The van der Waals surface area contributed by atoms with Crippen molar-refractivity contribution in [3.8, 4) is 0 Å². The molecule has 2 aliphatic heterocycles. The van der Waals surface area contributed by atoms with Crippen molar-refractivity contribution in [1.29, 1.82) is 0 Å². The molecule has 0 radical (unpaired) electrons. The minimum Gasteiger partial charge on any atom is -0.360 e. The lowest BCUT2D eigenvalue weighted by molar-refractivity contribution is -0.138. The minimum absolute atomic E-state index is 0.0407. The van der Waals surface area contributed by atoms with E-state index in [4.69, 9.17) is 4.52 Å². The summed E-state index contributed by atoms with van der Waals surface area (Å²) in [6.45, 7) is 10.4. The van der Waals surface area contributed by atoms with Crippen LogP contribution in [0.1, 0.15) is 31.7 Å². The molecule has 0 aliphatic carbocycles. The second kappa shape index (κ2) is 8.28. The Bertz CT molecular complexity index is 755. The summed E-state index contributed by atoms with van der Waals surface area (Å²) >= 11 is 0. The molecule has 0 saturated carbocycles. The summed E-state index contributed by atoms with van der Waals surface area (Å²) in [7, 11) is -3.00. The Labute approximate surface area is 161 Å². The number of rotatable bonds is 6. The van der Waals surface area contributed by atoms with Gasteiger partial charge in [-0.3, -0.25) is 14.6 Å². The number of hydrogen-bond donors (Lipinski definition) is 0. The molecule has 0 bridgehead atoms. The highest BCUT2D eigenvalue weighted by atomic mass is 32.2. The van der Waals surface area contributed by atoms with Crippen molar-refractivity contribution in [2.24, 2.45) is 0 Å². The largest absolute Gasteiger partial charge is 0.360 e. The van der Waals surface area contributed by atoms with Crippen LogP contribution in [0, 0.1) is 6.92 Å². The van der Waals surface area contributed by atoms with E-state index in [1.54, 1.807) is 4.90 Å². The Morgan fingerprint density at radius 2 is 2.07 bits per heavy atom. The van der Waals surface area contributed by atoms with Crippen LogP contribution in [0.15, 0.2) is 10.6 Å². The number of nitrogens with zero attached hydrogens (tertiary/aromatic N) is 4. The second-order valence-corrected chi connectivity index (χ2v) is 9.83. The predicted molar refractivity (Wildman–Crippen MR) is 102 cm³/mol. The SMILES string of the molecule is CCN(C(=O)[C@H](C)N1CCN(Cc2cc(C)no2)CC1)[C@@H]1CCS(=O)(=O)C1. The Hall–Kier alpha value is -1.45. The average molecular weight is 399 g/mol. The van der Waals surface area contributed by atoms with Gasteiger partial charge in [0.1, 0.15) is 0 Å². The summed E-state index contributed by atoms with van der Waals surface area (Å²) in [4.78, 5) is 19.3. The van der Waals surface area contributed by atoms with Crippen LogP contribution in [0.5, 0.6) is 0 Å². The van der Waals surface area contributed by atoms with E-state index in [1.165, 1.54) is 0 Å². The molecule has 1 amide bonds. The molecule has 2 fully saturated rings. The summed E-state index contributed by atoms with van der Waals surface area (Å²) in [5.41, 5.74) is 0.886. The average Bonchev–Trinajstić information content (AvgIpc) is 3.20. The van der Waals surface area contributed by atoms with E-state index in [9.17, 15) is 13.2 Å². The Morgan fingerprint density at radius 3 is 2.59 bits per heavy atom. The molecule has 27 heavy (non-hydrogen) atoms. The third-order valence-corrected chi connectivity index (χ3v) is 7.39. The lowest BCUT2D eigenvalue weighted by Crippen LogP contribution is -2.56. The molecule has 1 aromatic heterocycles. The van der Waals surface area contributed by atoms with Gasteiger partial charge < -0.3 is 9.42 Å². The van der Waals surface area contributed by atoms with E-state index >= 15 is 0 Å². The van der Waals surface area contributed by atoms with Crippen LogP contribution in [-0.2, 0) is 21.2 Å². The first-order valence-electron chi connectivity index (χ1n) is 9.68. The number of hydrogen-bond acceptors (Lipinski definition) is 7. The van der Waals surface area contributed by atoms with Crippen molar-refractivity contribution < 1.29 is 17.7 Å². The van der Waals surface area contributed by atoms with Crippen molar-refractivity contribution in [3.63, 3.8) is 0 Å². The Morgan fingerprint density at radius 1 is 1.37 bits per heavy atom. The van der Waals surface area contributed by atoms with Crippen LogP contribution in [-0.4, -0.2) is 90.5 Å². The molecule has 0 unspecified atom stereocenters. The maximum absolute atomic E-state index is 13.0. The summed E-state index contributed by atoms with van der Waals surface area (Å²) < 4.78 is 28.8. The monoisotopic (exact) mass is 398 g/mol. The van der Waals surface area contributed by atoms with E-state index in [-0.39, 0.29) is 29.5 Å². The van der Waals surface area contributed by atoms with Crippen LogP contribution in [0.2, 0.25) is 0 Å². The zero-order chi connectivity index (χ0) is 19.6. The quantitative estimate of drug-likeness (QED) is 0.691. The smallest absolute Gasteiger partial charge is 0.239 e. The molecule has 0 spiro atoms. The zero-order valence-electron chi connectivity index (χ0n) is 16.4. The fraction of sp³-hybridized carbons (Fsp3) is 0.778. The van der Waals surface area contributed by atoms with Crippen molar-refractivity contribution in [1.82, 2.24) is 19.9 Å². The van der Waals surface area contributed by atoms with Gasteiger partial charge in [-0.25, -0.2) is 8.42 Å². The molecule has 3 heterocycles. The fourth-order valence-electron chi connectivity index (χ4n) is 4.03. The first-order chi connectivity index (χ1) is 12.8. The van der Waals surface area contributed by atoms with Gasteiger partial charge in [-0.05, 0) is 27.2 Å². The number of likely N-dealkylation sites (N-methyl/N-ethyl adjacent to an activating group) is 1. The second-order valence-electron chi connectivity index (χ2n) is 7.60. The van der Waals surface area contributed by atoms with Crippen LogP contribution in [0.4, 0.5) is 0 Å². The predicted octanol–water partition coefficient (Wildman–Crippen LogP) is 0.525. The van der Waals surface area contributed by atoms with Gasteiger partial charge in [0.05, 0.1) is 29.8 Å². The fourth-order valence-corrected chi connectivity index (χ4v) is 5.76. The molecule has 8 nitrogen and oxygen atoms in total. The number of sulfone groups is 1. The maximum Gasteiger partial charge on any atom is 0.239 e. The standard InChI is InChI=1S/C18H30N4O4S/c1-4-22(16-5-10-27(24,25)13-16)18(23)15(3)21-8-6-20(7-9-21)12-17-11-14(2)19-26-17/h11,15-16H,4-10,12-13H2,1-3H3/t15-,16+/m0/s1. The van der Waals surface area contributed by atoms with Gasteiger partial charge in [-0.15, -0.1) is 0 Å². The first kappa shape index (κ1) is 20.3. The molecule has 1 aromatic rings. The number of aromatic nitrogens is 1. The van der Waals surface area contributed by atoms with Gasteiger partial charge >= 0.3 is 0 Å². The van der Waals surface area contributed by atoms with E-state index in [1.807, 2.05) is 26.8 Å². The van der Waals surface area contributed by atoms with Gasteiger partial charge in [0.2, 0.25) is 5.91 Å². The normalized spacial score (nSPS) is 24.8. The molecule has 9 heteroatoms. The van der Waals surface area contributed by atoms with Gasteiger partial charge in [0.25, 0.3) is 0 Å². The van der Waals surface area contributed by atoms with Gasteiger partial charge in [0, 0.05) is 44.8 Å². The summed E-state index contributed by atoms with van der Waals surface area (Å²) in [5.74, 6) is 1.20. The highest BCUT2D eigenvalue weighted by Crippen LogP contribution is 2.20. The Balaban J connectivity index is 1.53. The third kappa shape index (κ3) is 4.89. The van der Waals surface area contributed by atoms with Crippen LogP contribution in [0.25, 0.3) is 0 Å². The molecule has 0 aromatic carbocycles. The molecular formula is C18H30N4O4S. The molecular weight excluding hydrogens is 368 g/mol. The lowest BCUT2D eigenvalue weighted by Gasteiger charge is -2.39. The highest BCUT2D eigenvalue weighted by molar-refractivity contribution is 7.91. The summed E-state index contributed by atoms with van der Waals surface area (Å²) in [6, 6.07) is 1.54. The van der Waals surface area contributed by atoms with E-state index < -0.39 is 9.84 Å². The summed E-state index contributed by atoms with van der Waals surface area (Å²) in [5, 5.41) is 3.92. The van der Waals surface area contributed by atoms with Crippen LogP contribution >= 0.6 is 0 Å². The van der Waals surface area contributed by atoms with Crippen LogP contribution < -0.4 is 0 Å². The molecule has 3 rings (SSSR count). The minimum atomic E-state index is -3.00. The van der Waals surface area contributed by atoms with E-state index in [0.717, 1.165) is 44.2 Å². The van der Waals surface area contributed by atoms with Crippen molar-refractivity contribution in [2.75, 3.05) is 44.2 Å². The van der Waals surface area contributed by atoms with Gasteiger partial charge in [0.15, 0.2) is 15.6 Å². The number of carbonyl (C=O) groups is 1. The van der Waals surface area contributed by atoms with Crippen molar-refractivity contribution in [3.05, 3.63) is 17.5 Å².